The number of nitrogens with zero attached hydrogens (tertiary/aromatic N) is 3. The zero-order chi connectivity index (χ0) is 24.4. The Morgan fingerprint density at radius 3 is 2.54 bits per heavy atom. The SMILES string of the molecule is CC1=C(C(=O)Nc2ccccc2)C(c2ccc(Cl)cc2)n2nc(SCc3ccccc3F)nc2N1. The van der Waals surface area contributed by atoms with Gasteiger partial charge in [0.25, 0.3) is 5.91 Å². The molecule has 2 N–H and O–H groups in total. The molecular formula is C26H21ClFN5OS. The summed E-state index contributed by atoms with van der Waals surface area (Å²) in [7, 11) is 0. The second-order valence-corrected chi connectivity index (χ2v) is 9.36. The lowest BCUT2D eigenvalue weighted by Crippen LogP contribution is -2.31. The molecule has 1 amide bonds. The van der Waals surface area contributed by atoms with Crippen molar-refractivity contribution >= 4 is 40.9 Å². The van der Waals surface area contributed by atoms with Crippen LogP contribution in [-0.2, 0) is 10.5 Å². The lowest BCUT2D eigenvalue weighted by molar-refractivity contribution is -0.113. The van der Waals surface area contributed by atoms with E-state index in [-0.39, 0.29) is 11.7 Å². The van der Waals surface area contributed by atoms with Crippen LogP contribution in [-0.4, -0.2) is 20.7 Å². The highest BCUT2D eigenvalue weighted by Crippen LogP contribution is 2.37. The lowest BCUT2D eigenvalue weighted by atomic mass is 9.95. The molecule has 0 saturated carbocycles. The Kier molecular flexibility index (Phi) is 6.57. The summed E-state index contributed by atoms with van der Waals surface area (Å²) in [6.45, 7) is 1.84. The molecule has 176 valence electrons. The molecule has 1 unspecified atom stereocenters. The van der Waals surface area contributed by atoms with E-state index in [2.05, 4.69) is 20.7 Å². The fraction of sp³-hybridized carbons (Fsp3) is 0.115. The number of amides is 1. The number of para-hydroxylation sites is 1. The van der Waals surface area contributed by atoms with Crippen molar-refractivity contribution in [2.45, 2.75) is 23.9 Å². The van der Waals surface area contributed by atoms with Crippen molar-refractivity contribution in [3.8, 4) is 0 Å². The van der Waals surface area contributed by atoms with Crippen molar-refractivity contribution in [3.63, 3.8) is 0 Å². The van der Waals surface area contributed by atoms with Crippen molar-refractivity contribution in [2.75, 3.05) is 10.6 Å². The van der Waals surface area contributed by atoms with Crippen molar-refractivity contribution in [1.29, 1.82) is 0 Å². The summed E-state index contributed by atoms with van der Waals surface area (Å²) in [6.07, 6.45) is 0. The van der Waals surface area contributed by atoms with E-state index < -0.39 is 6.04 Å². The van der Waals surface area contributed by atoms with E-state index in [1.807, 2.05) is 49.4 Å². The molecule has 4 aromatic rings. The van der Waals surface area contributed by atoms with Crippen LogP contribution in [0.5, 0.6) is 0 Å². The first-order valence-corrected chi connectivity index (χ1v) is 12.3. The van der Waals surface area contributed by atoms with Gasteiger partial charge in [-0.1, -0.05) is 71.9 Å². The highest BCUT2D eigenvalue weighted by Gasteiger charge is 2.34. The summed E-state index contributed by atoms with van der Waals surface area (Å²) in [6, 6.07) is 22.7. The third kappa shape index (κ3) is 4.94. The van der Waals surface area contributed by atoms with Gasteiger partial charge in [-0.2, -0.15) is 4.98 Å². The van der Waals surface area contributed by atoms with Crippen LogP contribution < -0.4 is 10.6 Å². The zero-order valence-electron chi connectivity index (χ0n) is 18.7. The standard InChI is InChI=1S/C26H21ClFN5OS/c1-16-22(24(34)30-20-8-3-2-4-9-20)23(17-11-13-19(27)14-12-17)33-25(29-16)31-26(32-33)35-15-18-7-5-6-10-21(18)28/h2-14,23H,15H2,1H3,(H,30,34)(H,29,31,32). The van der Waals surface area contributed by atoms with Crippen molar-refractivity contribution in [3.05, 3.63) is 112 Å². The van der Waals surface area contributed by atoms with E-state index in [0.717, 1.165) is 5.56 Å². The van der Waals surface area contributed by atoms with Gasteiger partial charge < -0.3 is 10.6 Å². The minimum atomic E-state index is -0.525. The highest BCUT2D eigenvalue weighted by molar-refractivity contribution is 7.98. The second-order valence-electron chi connectivity index (χ2n) is 7.98. The number of thioether (sulfide) groups is 1. The predicted octanol–water partition coefficient (Wildman–Crippen LogP) is 6.29. The topological polar surface area (TPSA) is 71.8 Å². The molecule has 1 aromatic heterocycles. The number of anilines is 2. The number of allylic oxidation sites excluding steroid dienone is 1. The number of carbonyl (C=O) groups excluding carboxylic acids is 1. The maximum atomic E-state index is 14.1. The molecular weight excluding hydrogens is 485 g/mol. The van der Waals surface area contributed by atoms with Gasteiger partial charge in [-0.05, 0) is 48.4 Å². The van der Waals surface area contributed by atoms with E-state index in [1.54, 1.807) is 35.0 Å². The summed E-state index contributed by atoms with van der Waals surface area (Å²) in [5.74, 6) is 0.381. The molecule has 2 heterocycles. The highest BCUT2D eigenvalue weighted by atomic mass is 35.5. The van der Waals surface area contributed by atoms with E-state index >= 15 is 0 Å². The Morgan fingerprint density at radius 2 is 1.80 bits per heavy atom. The van der Waals surface area contributed by atoms with Crippen LogP contribution in [0.4, 0.5) is 16.0 Å². The van der Waals surface area contributed by atoms with Gasteiger partial charge in [-0.15, -0.1) is 5.10 Å². The first-order chi connectivity index (χ1) is 17.0. The number of hydrogen-bond donors (Lipinski definition) is 2. The third-order valence-electron chi connectivity index (χ3n) is 5.61. The number of aromatic nitrogens is 3. The summed E-state index contributed by atoms with van der Waals surface area (Å²) < 4.78 is 15.8. The first kappa shape index (κ1) is 23.1. The molecule has 35 heavy (non-hydrogen) atoms. The quantitative estimate of drug-likeness (QED) is 0.301. The number of hydrogen-bond acceptors (Lipinski definition) is 5. The number of carbonyl (C=O) groups is 1. The molecule has 0 spiro atoms. The minimum Gasteiger partial charge on any atom is -0.328 e. The van der Waals surface area contributed by atoms with Crippen molar-refractivity contribution < 1.29 is 9.18 Å². The van der Waals surface area contributed by atoms with Crippen LogP contribution in [0.2, 0.25) is 5.02 Å². The molecule has 5 rings (SSSR count). The van der Waals surface area contributed by atoms with Gasteiger partial charge in [0.2, 0.25) is 11.1 Å². The second kappa shape index (κ2) is 9.93. The van der Waals surface area contributed by atoms with Crippen LogP contribution >= 0.6 is 23.4 Å². The van der Waals surface area contributed by atoms with E-state index in [0.29, 0.717) is 44.4 Å². The van der Waals surface area contributed by atoms with Gasteiger partial charge in [0, 0.05) is 22.2 Å². The minimum absolute atomic E-state index is 0.247. The van der Waals surface area contributed by atoms with Crippen LogP contribution in [0.15, 0.2) is 95.3 Å². The number of benzene rings is 3. The fourth-order valence-corrected chi connectivity index (χ4v) is 4.86. The Morgan fingerprint density at radius 1 is 1.09 bits per heavy atom. The molecule has 3 aromatic carbocycles. The molecule has 0 saturated heterocycles. The maximum absolute atomic E-state index is 14.1. The number of rotatable bonds is 6. The molecule has 6 nitrogen and oxygen atoms in total. The number of halogens is 2. The predicted molar refractivity (Wildman–Crippen MR) is 137 cm³/mol. The summed E-state index contributed by atoms with van der Waals surface area (Å²) in [5.41, 5.74) is 3.29. The fourth-order valence-electron chi connectivity index (χ4n) is 3.92. The summed E-state index contributed by atoms with van der Waals surface area (Å²) in [5, 5.41) is 11.9. The summed E-state index contributed by atoms with van der Waals surface area (Å²) >= 11 is 7.46. The third-order valence-corrected chi connectivity index (χ3v) is 6.75. The summed E-state index contributed by atoms with van der Waals surface area (Å²) in [4.78, 5) is 18.1. The van der Waals surface area contributed by atoms with Gasteiger partial charge in [-0.3, -0.25) is 4.79 Å². The first-order valence-electron chi connectivity index (χ1n) is 10.9. The van der Waals surface area contributed by atoms with Crippen LogP contribution in [0.1, 0.15) is 24.1 Å². The van der Waals surface area contributed by atoms with Crippen molar-refractivity contribution in [2.24, 2.45) is 0 Å². The van der Waals surface area contributed by atoms with Gasteiger partial charge in [0.1, 0.15) is 11.9 Å². The monoisotopic (exact) mass is 505 g/mol. The van der Waals surface area contributed by atoms with Gasteiger partial charge in [0.15, 0.2) is 0 Å². The Hall–Kier alpha value is -3.62. The Labute approximate surface area is 211 Å². The van der Waals surface area contributed by atoms with Crippen LogP contribution in [0.25, 0.3) is 0 Å². The molecule has 0 bridgehead atoms. The van der Waals surface area contributed by atoms with E-state index in [4.69, 9.17) is 11.6 Å². The smallest absolute Gasteiger partial charge is 0.255 e. The Bertz CT molecular complexity index is 1410. The molecule has 1 aliphatic heterocycles. The van der Waals surface area contributed by atoms with E-state index in [9.17, 15) is 9.18 Å². The van der Waals surface area contributed by atoms with Crippen LogP contribution in [0.3, 0.4) is 0 Å². The van der Waals surface area contributed by atoms with Crippen LogP contribution in [0, 0.1) is 5.82 Å². The average Bonchev–Trinajstić information content (AvgIpc) is 3.26. The molecule has 0 radical (unpaired) electrons. The maximum Gasteiger partial charge on any atom is 0.255 e. The molecule has 0 fully saturated rings. The van der Waals surface area contributed by atoms with Crippen molar-refractivity contribution in [1.82, 2.24) is 14.8 Å². The zero-order valence-corrected chi connectivity index (χ0v) is 20.3. The molecule has 9 heteroatoms. The molecule has 1 atom stereocenters. The van der Waals surface area contributed by atoms with Gasteiger partial charge in [-0.25, -0.2) is 9.07 Å². The number of fused-ring (bicyclic) bond motifs is 1. The largest absolute Gasteiger partial charge is 0.328 e. The van der Waals surface area contributed by atoms with Gasteiger partial charge in [0.05, 0.1) is 5.57 Å². The lowest BCUT2D eigenvalue weighted by Gasteiger charge is -2.28. The molecule has 0 aliphatic carbocycles. The average molecular weight is 506 g/mol. The molecule has 1 aliphatic rings. The normalized spacial score (nSPS) is 14.9. The van der Waals surface area contributed by atoms with E-state index in [1.165, 1.54) is 17.8 Å². The number of nitrogens with one attached hydrogen (secondary N) is 2. The van der Waals surface area contributed by atoms with Gasteiger partial charge >= 0.3 is 0 Å². The Balaban J connectivity index is 1.49.